The molecule has 1 saturated heterocycles. The fourth-order valence-corrected chi connectivity index (χ4v) is 4.92. The van der Waals surface area contributed by atoms with Crippen LogP contribution in [0.3, 0.4) is 0 Å². The molecule has 1 atom stereocenters. The van der Waals surface area contributed by atoms with Crippen molar-refractivity contribution in [3.8, 4) is 10.4 Å². The Bertz CT molecular complexity index is 1140. The van der Waals surface area contributed by atoms with Gasteiger partial charge in [-0.1, -0.05) is 38.1 Å². The number of carbonyl (C=O) groups is 2. The maximum absolute atomic E-state index is 13.1. The lowest BCUT2D eigenvalue weighted by Gasteiger charge is -2.35. The number of nitrogens with two attached hydrogens (primary N) is 1. The smallest absolute Gasteiger partial charge is 0.259 e. The summed E-state index contributed by atoms with van der Waals surface area (Å²) in [7, 11) is 0. The predicted molar refractivity (Wildman–Crippen MR) is 133 cm³/mol. The van der Waals surface area contributed by atoms with E-state index in [-0.39, 0.29) is 17.7 Å². The third kappa shape index (κ3) is 4.51. The summed E-state index contributed by atoms with van der Waals surface area (Å²) in [6.45, 7) is 5.00. The van der Waals surface area contributed by atoms with E-state index in [1.807, 2.05) is 43.5 Å². The number of rotatable bonds is 6. The van der Waals surface area contributed by atoms with Crippen LogP contribution in [0, 0.1) is 5.92 Å². The number of thiophene rings is 1. The van der Waals surface area contributed by atoms with Crippen LogP contribution in [0.15, 0.2) is 60.0 Å². The van der Waals surface area contributed by atoms with Gasteiger partial charge in [0.1, 0.15) is 0 Å². The topological polar surface area (TPSA) is 95.7 Å². The van der Waals surface area contributed by atoms with Gasteiger partial charge in [-0.2, -0.15) is 0 Å². The highest BCUT2D eigenvalue weighted by Gasteiger charge is 2.44. The molecule has 7 heteroatoms. The molecule has 1 fully saturated rings. The molecule has 0 spiro atoms. The third-order valence-electron chi connectivity index (χ3n) is 6.25. The van der Waals surface area contributed by atoms with Crippen LogP contribution in [-0.2, 0) is 10.4 Å². The fraction of sp³-hybridized carbons (Fsp3) is 0.308. The molecule has 1 unspecified atom stereocenters. The van der Waals surface area contributed by atoms with Gasteiger partial charge in [-0.15, -0.1) is 11.3 Å². The summed E-state index contributed by atoms with van der Waals surface area (Å²) in [4.78, 5) is 28.8. The molecule has 2 aromatic carbocycles. The number of nitrogens with zero attached hydrogens (tertiary/aromatic N) is 1. The lowest BCUT2D eigenvalue weighted by molar-refractivity contribution is -0.156. The van der Waals surface area contributed by atoms with Crippen molar-refractivity contribution in [2.75, 3.05) is 24.1 Å². The van der Waals surface area contributed by atoms with Crippen LogP contribution < -0.4 is 11.1 Å². The summed E-state index contributed by atoms with van der Waals surface area (Å²) < 4.78 is 0. The van der Waals surface area contributed by atoms with Crippen LogP contribution in [0.1, 0.15) is 42.6 Å². The standard InChI is InChI=1S/C26H29N3O3S/c1-17(2)26(32,25(31)29-13-3-4-14-29)20-10-7-18(8-11-20)24(30)28-22-16-19(9-12-21(22)27)23-6-5-15-33-23/h5-12,15-17,32H,3-4,13-14,27H2,1-2H3,(H,28,30). The van der Waals surface area contributed by atoms with E-state index in [0.29, 0.717) is 35.6 Å². The van der Waals surface area contributed by atoms with Crippen LogP contribution in [0.5, 0.6) is 0 Å². The molecule has 0 radical (unpaired) electrons. The van der Waals surface area contributed by atoms with Crippen molar-refractivity contribution >= 4 is 34.5 Å². The summed E-state index contributed by atoms with van der Waals surface area (Å²) in [5.74, 6) is -0.897. The minimum absolute atomic E-state index is 0.273. The van der Waals surface area contributed by atoms with Crippen molar-refractivity contribution < 1.29 is 14.7 Å². The molecule has 172 valence electrons. The number of hydrogen-bond donors (Lipinski definition) is 3. The first-order chi connectivity index (χ1) is 15.8. The second kappa shape index (κ2) is 9.37. The van der Waals surface area contributed by atoms with E-state index in [0.717, 1.165) is 23.3 Å². The summed E-state index contributed by atoms with van der Waals surface area (Å²) in [5.41, 5.74) is 7.37. The van der Waals surface area contributed by atoms with Crippen molar-refractivity contribution in [3.05, 3.63) is 71.1 Å². The van der Waals surface area contributed by atoms with Crippen molar-refractivity contribution in [1.82, 2.24) is 4.90 Å². The highest BCUT2D eigenvalue weighted by molar-refractivity contribution is 7.13. The van der Waals surface area contributed by atoms with Gasteiger partial charge in [0.2, 0.25) is 0 Å². The van der Waals surface area contributed by atoms with Crippen molar-refractivity contribution in [2.24, 2.45) is 5.92 Å². The third-order valence-corrected chi connectivity index (χ3v) is 7.17. The van der Waals surface area contributed by atoms with Gasteiger partial charge < -0.3 is 21.1 Å². The zero-order valence-corrected chi connectivity index (χ0v) is 19.7. The molecule has 6 nitrogen and oxygen atoms in total. The maximum Gasteiger partial charge on any atom is 0.259 e. The number of carbonyl (C=O) groups excluding carboxylic acids is 2. The number of aliphatic hydroxyl groups is 1. The van der Waals surface area contributed by atoms with E-state index in [2.05, 4.69) is 5.32 Å². The van der Waals surface area contributed by atoms with Crippen LogP contribution >= 0.6 is 11.3 Å². The van der Waals surface area contributed by atoms with Gasteiger partial charge in [0, 0.05) is 23.5 Å². The molecule has 0 aliphatic carbocycles. The number of anilines is 2. The number of likely N-dealkylation sites (tertiary alicyclic amines) is 1. The molecule has 3 aromatic rings. The molecule has 1 aliphatic rings. The summed E-state index contributed by atoms with van der Waals surface area (Å²) in [5, 5.41) is 16.3. The Morgan fingerprint density at radius 2 is 1.79 bits per heavy atom. The van der Waals surface area contributed by atoms with E-state index in [4.69, 9.17) is 5.73 Å². The fourth-order valence-electron chi connectivity index (χ4n) is 4.20. The van der Waals surface area contributed by atoms with E-state index >= 15 is 0 Å². The van der Waals surface area contributed by atoms with Crippen molar-refractivity contribution in [1.29, 1.82) is 0 Å². The minimum Gasteiger partial charge on any atom is -0.397 e. The average molecular weight is 464 g/mol. The van der Waals surface area contributed by atoms with E-state index in [1.165, 1.54) is 0 Å². The zero-order chi connectivity index (χ0) is 23.6. The number of benzene rings is 2. The van der Waals surface area contributed by atoms with Gasteiger partial charge in [0.05, 0.1) is 11.4 Å². The Hall–Kier alpha value is -3.16. The van der Waals surface area contributed by atoms with Crippen molar-refractivity contribution in [3.63, 3.8) is 0 Å². The summed E-state index contributed by atoms with van der Waals surface area (Å²) in [6, 6.07) is 16.1. The first kappa shape index (κ1) is 23.0. The molecular formula is C26H29N3O3S. The van der Waals surface area contributed by atoms with Crippen LogP contribution in [0.4, 0.5) is 11.4 Å². The highest BCUT2D eigenvalue weighted by atomic mass is 32.1. The second-order valence-corrected chi connectivity index (χ2v) is 9.68. The number of amides is 2. The number of hydrogen-bond acceptors (Lipinski definition) is 5. The minimum atomic E-state index is -1.63. The number of nitrogen functional groups attached to an aromatic ring is 1. The van der Waals surface area contributed by atoms with Gasteiger partial charge in [-0.05, 0) is 65.6 Å². The predicted octanol–water partition coefficient (Wildman–Crippen LogP) is 4.72. The van der Waals surface area contributed by atoms with Gasteiger partial charge in [-0.3, -0.25) is 9.59 Å². The maximum atomic E-state index is 13.1. The Kier molecular flexibility index (Phi) is 6.54. The van der Waals surface area contributed by atoms with Crippen molar-refractivity contribution in [2.45, 2.75) is 32.3 Å². The lowest BCUT2D eigenvalue weighted by Crippen LogP contribution is -2.49. The van der Waals surface area contributed by atoms with Crippen LogP contribution in [0.25, 0.3) is 10.4 Å². The Morgan fingerprint density at radius 1 is 1.09 bits per heavy atom. The Labute approximate surface area is 198 Å². The van der Waals surface area contributed by atoms with Gasteiger partial charge in [0.15, 0.2) is 5.60 Å². The summed E-state index contributed by atoms with van der Waals surface area (Å²) >= 11 is 1.62. The van der Waals surface area contributed by atoms with Crippen LogP contribution in [0.2, 0.25) is 0 Å². The first-order valence-electron chi connectivity index (χ1n) is 11.2. The van der Waals surface area contributed by atoms with E-state index in [1.54, 1.807) is 46.6 Å². The highest BCUT2D eigenvalue weighted by Crippen LogP contribution is 2.34. The molecule has 0 bridgehead atoms. The van der Waals surface area contributed by atoms with E-state index in [9.17, 15) is 14.7 Å². The largest absolute Gasteiger partial charge is 0.397 e. The van der Waals surface area contributed by atoms with Gasteiger partial charge in [-0.25, -0.2) is 0 Å². The molecule has 4 N–H and O–H groups in total. The molecule has 33 heavy (non-hydrogen) atoms. The molecular weight excluding hydrogens is 434 g/mol. The first-order valence-corrected chi connectivity index (χ1v) is 12.1. The lowest BCUT2D eigenvalue weighted by atomic mass is 9.81. The van der Waals surface area contributed by atoms with Crippen LogP contribution in [-0.4, -0.2) is 34.9 Å². The summed E-state index contributed by atoms with van der Waals surface area (Å²) in [6.07, 6.45) is 1.91. The van der Waals surface area contributed by atoms with Gasteiger partial charge in [0.25, 0.3) is 11.8 Å². The Balaban J connectivity index is 1.55. The molecule has 2 heterocycles. The quantitative estimate of drug-likeness (QED) is 0.461. The van der Waals surface area contributed by atoms with Gasteiger partial charge >= 0.3 is 0 Å². The Morgan fingerprint density at radius 3 is 2.39 bits per heavy atom. The zero-order valence-electron chi connectivity index (χ0n) is 18.9. The monoisotopic (exact) mass is 463 g/mol. The molecule has 1 aromatic heterocycles. The number of nitrogens with one attached hydrogen (secondary N) is 1. The normalized spacial score (nSPS) is 15.5. The average Bonchev–Trinajstić information content (AvgIpc) is 3.54. The second-order valence-electron chi connectivity index (χ2n) is 8.73. The molecule has 1 aliphatic heterocycles. The molecule has 4 rings (SSSR count). The SMILES string of the molecule is CC(C)C(O)(C(=O)N1CCCC1)c1ccc(C(=O)Nc2cc(-c3cccs3)ccc2N)cc1. The van der Waals surface area contributed by atoms with E-state index < -0.39 is 5.60 Å². The molecule has 2 amide bonds. The molecule has 0 saturated carbocycles.